The van der Waals surface area contributed by atoms with Crippen molar-refractivity contribution in [2.24, 2.45) is 0 Å². The van der Waals surface area contributed by atoms with Gasteiger partial charge in [0.15, 0.2) is 0 Å². The number of aldehydes is 1. The first-order valence-corrected chi connectivity index (χ1v) is 5.64. The number of nitrogens with one attached hydrogen (secondary N) is 1. The SMILES string of the molecule is C=C(Cl)/C(C)=C(\C=CC)N/C=C(\C=O)CCO. The van der Waals surface area contributed by atoms with Crippen LogP contribution in [0.4, 0.5) is 0 Å². The average Bonchev–Trinajstić information content (AvgIpc) is 2.31. The van der Waals surface area contributed by atoms with Gasteiger partial charge in [-0.15, -0.1) is 0 Å². The fourth-order valence-electron chi connectivity index (χ4n) is 1.06. The summed E-state index contributed by atoms with van der Waals surface area (Å²) in [7, 11) is 0. The Kier molecular flexibility index (Phi) is 8.11. The monoisotopic (exact) mass is 255 g/mol. The minimum atomic E-state index is -0.0594. The van der Waals surface area contributed by atoms with Gasteiger partial charge < -0.3 is 10.4 Å². The van der Waals surface area contributed by atoms with Crippen LogP contribution < -0.4 is 5.32 Å². The molecule has 0 aromatic rings. The lowest BCUT2D eigenvalue weighted by atomic mass is 10.2. The minimum Gasteiger partial charge on any atom is -0.396 e. The van der Waals surface area contributed by atoms with E-state index in [0.717, 1.165) is 11.3 Å². The molecule has 0 unspecified atom stereocenters. The van der Waals surface area contributed by atoms with Gasteiger partial charge in [0.05, 0.1) is 0 Å². The lowest BCUT2D eigenvalue weighted by molar-refractivity contribution is -0.105. The number of aliphatic hydroxyl groups excluding tert-OH is 1. The van der Waals surface area contributed by atoms with Crippen molar-refractivity contribution < 1.29 is 9.90 Å². The summed E-state index contributed by atoms with van der Waals surface area (Å²) in [6.45, 7) is 7.30. The molecule has 0 aliphatic rings. The van der Waals surface area contributed by atoms with Gasteiger partial charge in [0.2, 0.25) is 0 Å². The fraction of sp³-hybridized carbons (Fsp3) is 0.308. The van der Waals surface area contributed by atoms with Crippen LogP contribution in [0, 0.1) is 0 Å². The van der Waals surface area contributed by atoms with Crippen molar-refractivity contribution >= 4 is 17.9 Å². The van der Waals surface area contributed by atoms with Gasteiger partial charge in [0, 0.05) is 35.5 Å². The smallest absolute Gasteiger partial charge is 0.147 e. The first-order chi connectivity index (χ1) is 8.06. The van der Waals surface area contributed by atoms with E-state index < -0.39 is 0 Å². The molecule has 0 amide bonds. The number of carbonyl (C=O) groups excluding carboxylic acids is 1. The minimum absolute atomic E-state index is 0.0594. The van der Waals surface area contributed by atoms with Crippen LogP contribution in [0.1, 0.15) is 20.3 Å². The van der Waals surface area contributed by atoms with Crippen molar-refractivity contribution in [2.75, 3.05) is 6.61 Å². The summed E-state index contributed by atoms with van der Waals surface area (Å²) in [6.07, 6.45) is 6.27. The number of aliphatic hydroxyl groups is 1. The van der Waals surface area contributed by atoms with Crippen molar-refractivity contribution in [2.45, 2.75) is 20.3 Å². The molecule has 0 aromatic heterocycles. The van der Waals surface area contributed by atoms with Gasteiger partial charge in [0.25, 0.3) is 0 Å². The van der Waals surface area contributed by atoms with Gasteiger partial charge in [-0.1, -0.05) is 24.3 Å². The highest BCUT2D eigenvalue weighted by Crippen LogP contribution is 2.15. The Morgan fingerprint density at radius 1 is 1.53 bits per heavy atom. The molecular formula is C13H18ClNO2. The zero-order chi connectivity index (χ0) is 13.3. The normalized spacial score (nSPS) is 13.5. The zero-order valence-electron chi connectivity index (χ0n) is 10.2. The van der Waals surface area contributed by atoms with Crippen molar-refractivity contribution in [3.05, 3.63) is 46.8 Å². The topological polar surface area (TPSA) is 49.3 Å². The van der Waals surface area contributed by atoms with Gasteiger partial charge in [0.1, 0.15) is 6.29 Å². The molecule has 0 rings (SSSR count). The average molecular weight is 256 g/mol. The van der Waals surface area contributed by atoms with E-state index in [1.54, 1.807) is 6.20 Å². The van der Waals surface area contributed by atoms with Gasteiger partial charge >= 0.3 is 0 Å². The van der Waals surface area contributed by atoms with Crippen molar-refractivity contribution in [1.29, 1.82) is 0 Å². The molecule has 0 spiro atoms. The highest BCUT2D eigenvalue weighted by atomic mass is 35.5. The van der Waals surface area contributed by atoms with E-state index >= 15 is 0 Å². The van der Waals surface area contributed by atoms with Crippen LogP contribution in [0.15, 0.2) is 46.8 Å². The zero-order valence-corrected chi connectivity index (χ0v) is 10.9. The molecule has 17 heavy (non-hydrogen) atoms. The predicted molar refractivity (Wildman–Crippen MR) is 71.5 cm³/mol. The second-order valence-corrected chi connectivity index (χ2v) is 3.85. The molecule has 0 aliphatic carbocycles. The molecule has 0 atom stereocenters. The molecular weight excluding hydrogens is 238 g/mol. The molecule has 2 N–H and O–H groups in total. The summed E-state index contributed by atoms with van der Waals surface area (Å²) in [4.78, 5) is 10.7. The van der Waals surface area contributed by atoms with E-state index in [0.29, 0.717) is 23.3 Å². The first-order valence-electron chi connectivity index (χ1n) is 5.26. The molecule has 0 aromatic carbocycles. The molecule has 0 radical (unpaired) electrons. The van der Waals surface area contributed by atoms with Gasteiger partial charge in [-0.25, -0.2) is 0 Å². The second-order valence-electron chi connectivity index (χ2n) is 3.40. The molecule has 94 valence electrons. The Bertz CT molecular complexity index is 368. The number of carbonyl (C=O) groups is 1. The van der Waals surface area contributed by atoms with E-state index in [1.165, 1.54) is 0 Å². The number of hydrogen-bond acceptors (Lipinski definition) is 3. The van der Waals surface area contributed by atoms with Crippen LogP contribution >= 0.6 is 11.6 Å². The Morgan fingerprint density at radius 3 is 2.59 bits per heavy atom. The predicted octanol–water partition coefficient (Wildman–Crippen LogP) is 2.64. The molecule has 0 saturated carbocycles. The Balaban J connectivity index is 4.96. The van der Waals surface area contributed by atoms with Crippen molar-refractivity contribution in [3.8, 4) is 0 Å². The number of allylic oxidation sites excluding steroid dienone is 4. The summed E-state index contributed by atoms with van der Waals surface area (Å²) in [5.41, 5.74) is 2.06. The largest absolute Gasteiger partial charge is 0.396 e. The van der Waals surface area contributed by atoms with E-state index in [1.807, 2.05) is 26.0 Å². The Morgan fingerprint density at radius 2 is 2.18 bits per heavy atom. The lowest BCUT2D eigenvalue weighted by Crippen LogP contribution is -2.08. The highest BCUT2D eigenvalue weighted by Gasteiger charge is 2.00. The summed E-state index contributed by atoms with van der Waals surface area (Å²) in [5, 5.41) is 12.2. The van der Waals surface area contributed by atoms with Gasteiger partial charge in [-0.2, -0.15) is 0 Å². The van der Waals surface area contributed by atoms with E-state index in [9.17, 15) is 4.79 Å². The summed E-state index contributed by atoms with van der Waals surface area (Å²) < 4.78 is 0. The van der Waals surface area contributed by atoms with Gasteiger partial charge in [-0.05, 0) is 25.5 Å². The third-order valence-electron chi connectivity index (χ3n) is 2.11. The van der Waals surface area contributed by atoms with Crippen LogP contribution in [-0.4, -0.2) is 18.0 Å². The number of rotatable bonds is 7. The van der Waals surface area contributed by atoms with Gasteiger partial charge in [-0.3, -0.25) is 4.79 Å². The number of halogens is 1. The number of hydrogen-bond donors (Lipinski definition) is 2. The summed E-state index contributed by atoms with van der Waals surface area (Å²) in [6, 6.07) is 0. The molecule has 0 heterocycles. The molecule has 0 aliphatic heterocycles. The van der Waals surface area contributed by atoms with E-state index in [2.05, 4.69) is 11.9 Å². The summed E-state index contributed by atoms with van der Waals surface area (Å²) in [5.74, 6) is 0. The highest BCUT2D eigenvalue weighted by molar-refractivity contribution is 6.31. The lowest BCUT2D eigenvalue weighted by Gasteiger charge is -2.08. The fourth-order valence-corrected chi connectivity index (χ4v) is 1.16. The van der Waals surface area contributed by atoms with Crippen molar-refractivity contribution in [1.82, 2.24) is 5.32 Å². The maximum atomic E-state index is 10.7. The summed E-state index contributed by atoms with van der Waals surface area (Å²) >= 11 is 5.81. The van der Waals surface area contributed by atoms with Crippen molar-refractivity contribution in [3.63, 3.8) is 0 Å². The van der Waals surface area contributed by atoms with Crippen LogP contribution in [0.25, 0.3) is 0 Å². The first kappa shape index (κ1) is 15.7. The third-order valence-corrected chi connectivity index (χ3v) is 2.39. The van der Waals surface area contributed by atoms with Crippen LogP contribution in [0.3, 0.4) is 0 Å². The quantitative estimate of drug-likeness (QED) is 0.418. The third kappa shape index (κ3) is 6.09. The van der Waals surface area contributed by atoms with E-state index in [4.69, 9.17) is 16.7 Å². The second kappa shape index (κ2) is 8.79. The van der Waals surface area contributed by atoms with Crippen LogP contribution in [0.5, 0.6) is 0 Å². The Labute approximate surface area is 107 Å². The molecule has 0 saturated heterocycles. The molecule has 3 nitrogen and oxygen atoms in total. The van der Waals surface area contributed by atoms with Crippen LogP contribution in [-0.2, 0) is 4.79 Å². The maximum Gasteiger partial charge on any atom is 0.147 e. The molecule has 4 heteroatoms. The van der Waals surface area contributed by atoms with E-state index in [-0.39, 0.29) is 6.61 Å². The maximum absolute atomic E-state index is 10.7. The molecule has 0 bridgehead atoms. The Hall–Kier alpha value is -1.32. The van der Waals surface area contributed by atoms with Crippen LogP contribution in [0.2, 0.25) is 0 Å². The molecule has 0 fully saturated rings. The standard InChI is InChI=1S/C13H18ClNO2/c1-4-5-13(10(2)11(3)14)15-8-12(9-17)6-7-16/h4-5,8-9,15-16H,3,6-7H2,1-2H3/b5-4?,12-8-,13-10+.